The molecule has 0 radical (unpaired) electrons. The van der Waals surface area contributed by atoms with Crippen LogP contribution in [-0.4, -0.2) is 32.1 Å². The fourth-order valence-electron chi connectivity index (χ4n) is 1.14. The Morgan fingerprint density at radius 2 is 2.24 bits per heavy atom. The normalized spacial score (nSPS) is 10.6. The molecule has 0 aromatic heterocycles. The van der Waals surface area contributed by atoms with Crippen LogP contribution in [0.3, 0.4) is 0 Å². The SMILES string of the molecule is O=C(NCCOCC(F)F)c1cccc(Br)c1. The van der Waals surface area contributed by atoms with Gasteiger partial charge in [-0.05, 0) is 18.2 Å². The van der Waals surface area contributed by atoms with Gasteiger partial charge in [-0.1, -0.05) is 22.0 Å². The van der Waals surface area contributed by atoms with Crippen LogP contribution < -0.4 is 5.32 Å². The Bertz CT molecular complexity index is 374. The van der Waals surface area contributed by atoms with E-state index in [2.05, 4.69) is 26.0 Å². The molecule has 1 aromatic rings. The molecule has 1 rings (SSSR count). The zero-order chi connectivity index (χ0) is 12.7. The third kappa shape index (κ3) is 5.74. The van der Waals surface area contributed by atoms with Gasteiger partial charge < -0.3 is 10.1 Å². The number of hydrogen-bond donors (Lipinski definition) is 1. The van der Waals surface area contributed by atoms with E-state index in [1.54, 1.807) is 18.2 Å². The number of carbonyl (C=O) groups excluding carboxylic acids is 1. The van der Waals surface area contributed by atoms with Crippen molar-refractivity contribution in [2.75, 3.05) is 19.8 Å². The number of alkyl halides is 2. The summed E-state index contributed by atoms with van der Waals surface area (Å²) in [6.07, 6.45) is -2.48. The quantitative estimate of drug-likeness (QED) is 0.820. The Hall–Kier alpha value is -1.01. The highest BCUT2D eigenvalue weighted by Gasteiger charge is 2.05. The lowest BCUT2D eigenvalue weighted by molar-refractivity contribution is 0.0188. The van der Waals surface area contributed by atoms with Crippen molar-refractivity contribution >= 4 is 21.8 Å². The highest BCUT2D eigenvalue weighted by molar-refractivity contribution is 9.10. The summed E-state index contributed by atoms with van der Waals surface area (Å²) in [6.45, 7) is -0.324. The van der Waals surface area contributed by atoms with Crippen LogP contribution in [0.4, 0.5) is 8.78 Å². The van der Waals surface area contributed by atoms with Crippen molar-refractivity contribution in [3.05, 3.63) is 34.3 Å². The second kappa shape index (κ2) is 7.34. The highest BCUT2D eigenvalue weighted by Crippen LogP contribution is 2.11. The van der Waals surface area contributed by atoms with E-state index in [0.29, 0.717) is 5.56 Å². The number of benzene rings is 1. The highest BCUT2D eigenvalue weighted by atomic mass is 79.9. The van der Waals surface area contributed by atoms with E-state index in [9.17, 15) is 13.6 Å². The van der Waals surface area contributed by atoms with Gasteiger partial charge in [0, 0.05) is 16.6 Å². The molecule has 0 saturated carbocycles. The summed E-state index contributed by atoms with van der Waals surface area (Å²) < 4.78 is 28.9. The molecule has 0 aliphatic heterocycles. The molecule has 0 unspecified atom stereocenters. The van der Waals surface area contributed by atoms with Gasteiger partial charge in [-0.2, -0.15) is 0 Å². The van der Waals surface area contributed by atoms with Gasteiger partial charge in [0.15, 0.2) is 0 Å². The monoisotopic (exact) mass is 307 g/mol. The minimum absolute atomic E-state index is 0.0735. The lowest BCUT2D eigenvalue weighted by atomic mass is 10.2. The molecule has 3 nitrogen and oxygen atoms in total. The van der Waals surface area contributed by atoms with Gasteiger partial charge in [0.2, 0.25) is 0 Å². The van der Waals surface area contributed by atoms with Crippen molar-refractivity contribution in [2.45, 2.75) is 6.43 Å². The van der Waals surface area contributed by atoms with Gasteiger partial charge in [-0.25, -0.2) is 8.78 Å². The number of rotatable bonds is 6. The van der Waals surface area contributed by atoms with E-state index >= 15 is 0 Å². The average Bonchev–Trinajstić information content (AvgIpc) is 2.28. The Morgan fingerprint density at radius 3 is 2.88 bits per heavy atom. The van der Waals surface area contributed by atoms with Crippen LogP contribution in [0.2, 0.25) is 0 Å². The van der Waals surface area contributed by atoms with Crippen molar-refractivity contribution in [3.8, 4) is 0 Å². The van der Waals surface area contributed by atoms with Crippen molar-refractivity contribution in [3.63, 3.8) is 0 Å². The Kier molecular flexibility index (Phi) is 6.07. The summed E-state index contributed by atoms with van der Waals surface area (Å²) in [5.74, 6) is -0.257. The van der Waals surface area contributed by atoms with Crippen LogP contribution in [0.1, 0.15) is 10.4 Å². The summed E-state index contributed by atoms with van der Waals surface area (Å²) >= 11 is 3.25. The Balaban J connectivity index is 2.26. The first-order valence-electron chi connectivity index (χ1n) is 4.99. The van der Waals surface area contributed by atoms with Gasteiger partial charge in [-0.15, -0.1) is 0 Å². The topological polar surface area (TPSA) is 38.3 Å². The molecule has 0 fully saturated rings. The molecule has 0 spiro atoms. The lowest BCUT2D eigenvalue weighted by Gasteiger charge is -2.06. The maximum Gasteiger partial charge on any atom is 0.261 e. The predicted molar refractivity (Wildman–Crippen MR) is 63.3 cm³/mol. The number of amides is 1. The van der Waals surface area contributed by atoms with Crippen LogP contribution in [0.5, 0.6) is 0 Å². The molecule has 17 heavy (non-hydrogen) atoms. The summed E-state index contributed by atoms with van der Waals surface area (Å²) in [6, 6.07) is 6.89. The smallest absolute Gasteiger partial charge is 0.261 e. The molecule has 0 saturated heterocycles. The van der Waals surface area contributed by atoms with Gasteiger partial charge in [0.1, 0.15) is 6.61 Å². The average molecular weight is 308 g/mol. The van der Waals surface area contributed by atoms with Crippen LogP contribution in [0.25, 0.3) is 0 Å². The van der Waals surface area contributed by atoms with Gasteiger partial charge in [-0.3, -0.25) is 4.79 Å². The molecule has 1 amide bonds. The first kappa shape index (κ1) is 14.1. The predicted octanol–water partition coefficient (Wildman–Crippen LogP) is 2.46. The number of hydrogen-bond acceptors (Lipinski definition) is 2. The van der Waals surface area contributed by atoms with Crippen molar-refractivity contribution < 1.29 is 18.3 Å². The van der Waals surface area contributed by atoms with Crippen LogP contribution in [0.15, 0.2) is 28.7 Å². The molecule has 6 heteroatoms. The molecule has 1 N–H and O–H groups in total. The third-order valence-electron chi connectivity index (χ3n) is 1.86. The fourth-order valence-corrected chi connectivity index (χ4v) is 1.54. The maximum absolute atomic E-state index is 11.7. The van der Waals surface area contributed by atoms with Gasteiger partial charge in [0.25, 0.3) is 12.3 Å². The van der Waals surface area contributed by atoms with Gasteiger partial charge in [0.05, 0.1) is 6.61 Å². The summed E-state index contributed by atoms with van der Waals surface area (Å²) in [7, 11) is 0. The molecule has 0 aliphatic rings. The van der Waals surface area contributed by atoms with E-state index in [1.165, 1.54) is 0 Å². The molecule has 1 aromatic carbocycles. The van der Waals surface area contributed by atoms with E-state index in [-0.39, 0.29) is 19.1 Å². The van der Waals surface area contributed by atoms with E-state index in [4.69, 9.17) is 0 Å². The summed E-state index contributed by atoms with van der Waals surface area (Å²) in [5.41, 5.74) is 0.508. The number of nitrogens with one attached hydrogen (secondary N) is 1. The van der Waals surface area contributed by atoms with Crippen molar-refractivity contribution in [1.82, 2.24) is 5.32 Å². The zero-order valence-electron chi connectivity index (χ0n) is 8.96. The number of carbonyl (C=O) groups is 1. The third-order valence-corrected chi connectivity index (χ3v) is 2.36. The van der Waals surface area contributed by atoms with Crippen LogP contribution in [0, 0.1) is 0 Å². The molecular weight excluding hydrogens is 296 g/mol. The molecule has 0 heterocycles. The summed E-state index contributed by atoms with van der Waals surface area (Å²) in [5, 5.41) is 2.57. The number of ether oxygens (including phenoxy) is 1. The van der Waals surface area contributed by atoms with E-state index < -0.39 is 13.0 Å². The second-order valence-electron chi connectivity index (χ2n) is 3.23. The first-order chi connectivity index (χ1) is 8.09. The lowest BCUT2D eigenvalue weighted by Crippen LogP contribution is -2.27. The second-order valence-corrected chi connectivity index (χ2v) is 4.15. The van der Waals surface area contributed by atoms with E-state index in [1.807, 2.05) is 6.07 Å². The molecular formula is C11H12BrF2NO2. The minimum Gasteiger partial charge on any atom is -0.374 e. The Morgan fingerprint density at radius 1 is 1.47 bits per heavy atom. The van der Waals surface area contributed by atoms with E-state index in [0.717, 1.165) is 4.47 Å². The molecule has 0 atom stereocenters. The van der Waals surface area contributed by atoms with Crippen LogP contribution >= 0.6 is 15.9 Å². The van der Waals surface area contributed by atoms with Crippen LogP contribution in [-0.2, 0) is 4.74 Å². The molecule has 94 valence electrons. The largest absolute Gasteiger partial charge is 0.374 e. The molecule has 0 aliphatic carbocycles. The Labute approximate surface area is 106 Å². The first-order valence-corrected chi connectivity index (χ1v) is 5.78. The van der Waals surface area contributed by atoms with Crippen molar-refractivity contribution in [2.24, 2.45) is 0 Å². The summed E-state index contributed by atoms with van der Waals surface area (Å²) in [4.78, 5) is 11.6. The van der Waals surface area contributed by atoms with Gasteiger partial charge >= 0.3 is 0 Å². The van der Waals surface area contributed by atoms with Crippen molar-refractivity contribution in [1.29, 1.82) is 0 Å². The minimum atomic E-state index is -2.48. The standard InChI is InChI=1S/C11H12BrF2NO2/c12-9-3-1-2-8(6-9)11(16)15-4-5-17-7-10(13)14/h1-3,6,10H,4-5,7H2,(H,15,16). The maximum atomic E-state index is 11.7. The fraction of sp³-hybridized carbons (Fsp3) is 0.364. The number of halogens is 3. The molecule has 0 bridgehead atoms. The zero-order valence-corrected chi connectivity index (χ0v) is 10.5.